The minimum absolute atomic E-state index is 0.0395. The molecular weight excluding hydrogens is 243 g/mol. The van der Waals surface area contributed by atoms with Crippen LogP contribution in [-0.2, 0) is 6.42 Å². The summed E-state index contributed by atoms with van der Waals surface area (Å²) >= 11 is 3.46. The highest BCUT2D eigenvalue weighted by Crippen LogP contribution is 2.26. The van der Waals surface area contributed by atoms with Crippen molar-refractivity contribution in [3.63, 3.8) is 0 Å². The second-order valence-corrected chi connectivity index (χ2v) is 4.36. The van der Waals surface area contributed by atoms with Gasteiger partial charge in [-0.25, -0.2) is 4.39 Å². The zero-order chi connectivity index (χ0) is 10.6. The fourth-order valence-electron chi connectivity index (χ4n) is 1.24. The van der Waals surface area contributed by atoms with E-state index in [0.29, 0.717) is 0 Å². The first-order chi connectivity index (χ1) is 6.59. The quantitative estimate of drug-likeness (QED) is 0.565. The molecule has 1 rings (SSSR count). The summed E-state index contributed by atoms with van der Waals surface area (Å²) in [7, 11) is 0. The lowest BCUT2D eigenvalue weighted by Gasteiger charge is -2.22. The van der Waals surface area contributed by atoms with Gasteiger partial charge in [0.15, 0.2) is 0 Å². The molecule has 0 radical (unpaired) electrons. The molecule has 0 bridgehead atoms. The topological polar surface area (TPSA) is 0 Å². The van der Waals surface area contributed by atoms with Crippen LogP contribution in [-0.4, -0.2) is 5.33 Å². The third kappa shape index (κ3) is 2.95. The molecule has 0 aliphatic rings. The summed E-state index contributed by atoms with van der Waals surface area (Å²) in [5, 5.41) is 0.862. The van der Waals surface area contributed by atoms with Crippen LogP contribution >= 0.6 is 15.9 Å². The predicted molar refractivity (Wildman–Crippen MR) is 62.2 cm³/mol. The Bertz CT molecular complexity index is 305. The number of hydrogen-bond acceptors (Lipinski definition) is 0. The smallest absolute Gasteiger partial charge is 0.123 e. The van der Waals surface area contributed by atoms with Crippen molar-refractivity contribution in [3.8, 4) is 0 Å². The molecule has 1 aromatic carbocycles. The summed E-state index contributed by atoms with van der Waals surface area (Å²) in [4.78, 5) is 0. The molecule has 0 saturated heterocycles. The van der Waals surface area contributed by atoms with E-state index in [9.17, 15) is 4.39 Å². The van der Waals surface area contributed by atoms with Gasteiger partial charge in [0.05, 0.1) is 0 Å². The fourth-order valence-corrected chi connectivity index (χ4v) is 1.67. The second-order valence-electron chi connectivity index (χ2n) is 3.80. The van der Waals surface area contributed by atoms with Crippen LogP contribution in [0.1, 0.15) is 12.5 Å². The SMILES string of the molecule is C=CC(C)(CBr)Cc1ccc(F)cc1. The molecule has 0 aliphatic heterocycles. The first kappa shape index (κ1) is 11.4. The number of benzene rings is 1. The molecule has 0 aromatic heterocycles. The summed E-state index contributed by atoms with van der Waals surface area (Å²) in [6.07, 6.45) is 2.81. The zero-order valence-corrected chi connectivity index (χ0v) is 9.85. The third-order valence-electron chi connectivity index (χ3n) is 2.32. The van der Waals surface area contributed by atoms with Crippen molar-refractivity contribution in [2.75, 3.05) is 5.33 Å². The number of rotatable bonds is 4. The van der Waals surface area contributed by atoms with Gasteiger partial charge in [-0.2, -0.15) is 0 Å². The summed E-state index contributed by atoms with van der Waals surface area (Å²) in [5.74, 6) is -0.187. The van der Waals surface area contributed by atoms with Crippen molar-refractivity contribution >= 4 is 15.9 Å². The Morgan fingerprint density at radius 2 is 2.00 bits per heavy atom. The number of halogens is 2. The van der Waals surface area contributed by atoms with Gasteiger partial charge in [0, 0.05) is 5.33 Å². The molecule has 1 aromatic rings. The number of alkyl halides is 1. The van der Waals surface area contributed by atoms with Crippen LogP contribution in [0.4, 0.5) is 4.39 Å². The summed E-state index contributed by atoms with van der Waals surface area (Å²) in [5.41, 5.74) is 1.17. The molecule has 0 saturated carbocycles. The molecular formula is C12H14BrF. The average Bonchev–Trinajstić information content (AvgIpc) is 2.21. The molecule has 0 N–H and O–H groups in total. The predicted octanol–water partition coefficient (Wildman–Crippen LogP) is 3.96. The number of allylic oxidation sites excluding steroid dienone is 1. The Morgan fingerprint density at radius 1 is 1.43 bits per heavy atom. The van der Waals surface area contributed by atoms with Crippen LogP contribution in [0.25, 0.3) is 0 Å². The van der Waals surface area contributed by atoms with E-state index in [4.69, 9.17) is 0 Å². The van der Waals surface area contributed by atoms with Crippen molar-refractivity contribution < 1.29 is 4.39 Å². The van der Waals surface area contributed by atoms with Crippen LogP contribution in [0, 0.1) is 11.2 Å². The molecule has 14 heavy (non-hydrogen) atoms. The van der Waals surface area contributed by atoms with E-state index in [1.54, 1.807) is 0 Å². The highest BCUT2D eigenvalue weighted by molar-refractivity contribution is 9.09. The molecule has 1 atom stereocenters. The van der Waals surface area contributed by atoms with E-state index in [0.717, 1.165) is 17.3 Å². The van der Waals surface area contributed by atoms with Crippen LogP contribution < -0.4 is 0 Å². The summed E-state index contributed by atoms with van der Waals surface area (Å²) in [6.45, 7) is 5.94. The minimum Gasteiger partial charge on any atom is -0.207 e. The average molecular weight is 257 g/mol. The molecule has 0 heterocycles. The summed E-state index contributed by atoms with van der Waals surface area (Å²) in [6, 6.07) is 6.62. The van der Waals surface area contributed by atoms with Crippen LogP contribution in [0.2, 0.25) is 0 Å². The van der Waals surface area contributed by atoms with Crippen molar-refractivity contribution in [1.82, 2.24) is 0 Å². The van der Waals surface area contributed by atoms with E-state index in [1.807, 2.05) is 18.2 Å². The van der Waals surface area contributed by atoms with Gasteiger partial charge in [0.25, 0.3) is 0 Å². The first-order valence-electron chi connectivity index (χ1n) is 4.54. The lowest BCUT2D eigenvalue weighted by atomic mass is 9.86. The molecule has 76 valence electrons. The molecule has 1 unspecified atom stereocenters. The van der Waals surface area contributed by atoms with Gasteiger partial charge >= 0.3 is 0 Å². The molecule has 0 nitrogen and oxygen atoms in total. The maximum absolute atomic E-state index is 12.7. The van der Waals surface area contributed by atoms with Crippen molar-refractivity contribution in [2.24, 2.45) is 5.41 Å². The Morgan fingerprint density at radius 3 is 2.43 bits per heavy atom. The minimum atomic E-state index is -0.187. The van der Waals surface area contributed by atoms with E-state index in [-0.39, 0.29) is 11.2 Å². The van der Waals surface area contributed by atoms with Gasteiger partial charge < -0.3 is 0 Å². The van der Waals surface area contributed by atoms with Gasteiger partial charge in [0.2, 0.25) is 0 Å². The normalized spacial score (nSPS) is 14.8. The largest absolute Gasteiger partial charge is 0.207 e. The Kier molecular flexibility index (Phi) is 3.87. The van der Waals surface area contributed by atoms with Crippen molar-refractivity contribution in [2.45, 2.75) is 13.3 Å². The van der Waals surface area contributed by atoms with Gasteiger partial charge in [-0.15, -0.1) is 6.58 Å². The van der Waals surface area contributed by atoms with Gasteiger partial charge in [-0.05, 0) is 29.5 Å². The van der Waals surface area contributed by atoms with E-state index in [1.165, 1.54) is 12.1 Å². The second kappa shape index (κ2) is 4.74. The Labute approximate surface area is 93.0 Å². The molecule has 0 amide bonds. The van der Waals surface area contributed by atoms with Gasteiger partial charge in [0.1, 0.15) is 5.82 Å². The van der Waals surface area contributed by atoms with E-state index >= 15 is 0 Å². The highest BCUT2D eigenvalue weighted by atomic mass is 79.9. The molecule has 0 spiro atoms. The zero-order valence-electron chi connectivity index (χ0n) is 8.26. The molecule has 0 aliphatic carbocycles. The molecule has 2 heteroatoms. The first-order valence-corrected chi connectivity index (χ1v) is 5.66. The third-order valence-corrected chi connectivity index (χ3v) is 3.60. The number of hydrogen-bond donors (Lipinski definition) is 0. The van der Waals surface area contributed by atoms with Crippen molar-refractivity contribution in [1.29, 1.82) is 0 Å². The monoisotopic (exact) mass is 256 g/mol. The van der Waals surface area contributed by atoms with Crippen LogP contribution in [0.5, 0.6) is 0 Å². The lowest BCUT2D eigenvalue weighted by molar-refractivity contribution is 0.493. The van der Waals surface area contributed by atoms with Crippen LogP contribution in [0.3, 0.4) is 0 Å². The molecule has 0 fully saturated rings. The van der Waals surface area contributed by atoms with Crippen molar-refractivity contribution in [3.05, 3.63) is 48.3 Å². The maximum atomic E-state index is 12.7. The Balaban J connectivity index is 2.77. The highest BCUT2D eigenvalue weighted by Gasteiger charge is 2.18. The summed E-state index contributed by atoms with van der Waals surface area (Å²) < 4.78 is 12.7. The van der Waals surface area contributed by atoms with Crippen LogP contribution in [0.15, 0.2) is 36.9 Å². The standard InChI is InChI=1S/C12H14BrF/c1-3-12(2,9-13)8-10-4-6-11(14)7-5-10/h3-7H,1,8-9H2,2H3. The van der Waals surface area contributed by atoms with Gasteiger partial charge in [-0.1, -0.05) is 41.1 Å². The Hall–Kier alpha value is -0.630. The van der Waals surface area contributed by atoms with E-state index in [2.05, 4.69) is 29.4 Å². The fraction of sp³-hybridized carbons (Fsp3) is 0.333. The van der Waals surface area contributed by atoms with E-state index < -0.39 is 0 Å². The lowest BCUT2D eigenvalue weighted by Crippen LogP contribution is -2.17. The maximum Gasteiger partial charge on any atom is 0.123 e. The van der Waals surface area contributed by atoms with Gasteiger partial charge in [-0.3, -0.25) is 0 Å².